The molecule has 0 saturated heterocycles. The van der Waals surface area contributed by atoms with Crippen LogP contribution in [0.3, 0.4) is 0 Å². The van der Waals surface area contributed by atoms with Crippen LogP contribution in [0.25, 0.3) is 0 Å². The molecule has 0 fully saturated rings. The van der Waals surface area contributed by atoms with Gasteiger partial charge in [0, 0.05) is 31.5 Å². The summed E-state index contributed by atoms with van der Waals surface area (Å²) < 4.78 is 0. The van der Waals surface area contributed by atoms with Crippen LogP contribution in [-0.2, 0) is 19.6 Å². The summed E-state index contributed by atoms with van der Waals surface area (Å²) >= 11 is 0. The first-order valence-corrected chi connectivity index (χ1v) is 5.33. The quantitative estimate of drug-likeness (QED) is 0.785. The molecule has 3 rings (SSSR count). The van der Waals surface area contributed by atoms with Crippen LogP contribution in [-0.4, -0.2) is 9.88 Å². The molecule has 15 heavy (non-hydrogen) atoms. The molecule has 1 aliphatic rings. The number of aromatic nitrogens is 1. The first-order chi connectivity index (χ1) is 7.42. The summed E-state index contributed by atoms with van der Waals surface area (Å²) in [6.45, 7) is 3.17. The van der Waals surface area contributed by atoms with Gasteiger partial charge in [0.05, 0.1) is 0 Å². The number of rotatable bonds is 2. The number of fused-ring (bicyclic) bond motifs is 1. The molecular weight excluding hydrogens is 184 g/mol. The molecule has 2 heterocycles. The van der Waals surface area contributed by atoms with Crippen molar-refractivity contribution in [1.82, 2.24) is 9.88 Å². The van der Waals surface area contributed by atoms with Crippen LogP contribution in [0.5, 0.6) is 0 Å². The summed E-state index contributed by atoms with van der Waals surface area (Å²) in [5.41, 5.74) is 4.22. The number of hydrogen-bond acceptors (Lipinski definition) is 1. The van der Waals surface area contributed by atoms with Gasteiger partial charge in [0.2, 0.25) is 0 Å². The van der Waals surface area contributed by atoms with Gasteiger partial charge in [-0.2, -0.15) is 0 Å². The van der Waals surface area contributed by atoms with Crippen LogP contribution in [0.15, 0.2) is 42.6 Å². The molecule has 76 valence electrons. The zero-order chi connectivity index (χ0) is 10.1. The van der Waals surface area contributed by atoms with Gasteiger partial charge in [0.25, 0.3) is 0 Å². The minimum absolute atomic E-state index is 1.04. The maximum atomic E-state index is 3.29. The second-order valence-corrected chi connectivity index (χ2v) is 4.11. The van der Waals surface area contributed by atoms with E-state index >= 15 is 0 Å². The minimum Gasteiger partial charge on any atom is -0.364 e. The molecule has 1 N–H and O–H groups in total. The molecule has 0 unspecified atom stereocenters. The Labute approximate surface area is 89.5 Å². The molecule has 0 atom stereocenters. The highest BCUT2D eigenvalue weighted by Crippen LogP contribution is 2.22. The number of nitrogens with zero attached hydrogens (tertiary/aromatic N) is 1. The second-order valence-electron chi connectivity index (χ2n) is 4.11. The van der Waals surface area contributed by atoms with E-state index < -0.39 is 0 Å². The van der Waals surface area contributed by atoms with Crippen molar-refractivity contribution in [3.8, 4) is 0 Å². The first kappa shape index (κ1) is 8.74. The lowest BCUT2D eigenvalue weighted by molar-refractivity contribution is 0.273. The molecule has 1 aromatic heterocycles. The average Bonchev–Trinajstić information content (AvgIpc) is 2.79. The Hall–Kier alpha value is -1.54. The normalized spacial score (nSPS) is 15.5. The fourth-order valence-electron chi connectivity index (χ4n) is 2.21. The van der Waals surface area contributed by atoms with Crippen molar-refractivity contribution >= 4 is 0 Å². The molecule has 0 radical (unpaired) electrons. The largest absolute Gasteiger partial charge is 0.364 e. The van der Waals surface area contributed by atoms with Crippen molar-refractivity contribution in [3.63, 3.8) is 0 Å². The molecule has 0 aliphatic carbocycles. The van der Waals surface area contributed by atoms with E-state index in [1.54, 1.807) is 0 Å². The Morgan fingerprint density at radius 2 is 1.93 bits per heavy atom. The summed E-state index contributed by atoms with van der Waals surface area (Å²) in [5, 5.41) is 0. The maximum absolute atomic E-state index is 3.29. The maximum Gasteiger partial charge on any atom is 0.0395 e. The lowest BCUT2D eigenvalue weighted by atomic mass is 10.2. The number of nitrogens with one attached hydrogen (secondary N) is 1. The molecule has 2 heteroatoms. The van der Waals surface area contributed by atoms with Crippen molar-refractivity contribution in [3.05, 3.63) is 59.4 Å². The van der Waals surface area contributed by atoms with E-state index in [2.05, 4.69) is 46.3 Å². The van der Waals surface area contributed by atoms with Crippen molar-refractivity contribution < 1.29 is 0 Å². The molecule has 0 saturated carbocycles. The zero-order valence-electron chi connectivity index (χ0n) is 8.61. The average molecular weight is 198 g/mol. The van der Waals surface area contributed by atoms with E-state index in [0.29, 0.717) is 0 Å². The highest BCUT2D eigenvalue weighted by Gasteiger charge is 2.19. The van der Waals surface area contributed by atoms with Gasteiger partial charge in [-0.1, -0.05) is 30.3 Å². The Balaban J connectivity index is 1.70. The van der Waals surface area contributed by atoms with Gasteiger partial charge in [0.15, 0.2) is 0 Å². The predicted octanol–water partition coefficient (Wildman–Crippen LogP) is 2.53. The Kier molecular flexibility index (Phi) is 2.07. The van der Waals surface area contributed by atoms with Crippen LogP contribution in [0.1, 0.15) is 16.8 Å². The predicted molar refractivity (Wildman–Crippen MR) is 60.2 cm³/mol. The van der Waals surface area contributed by atoms with Gasteiger partial charge in [0.1, 0.15) is 0 Å². The second kappa shape index (κ2) is 3.55. The summed E-state index contributed by atoms with van der Waals surface area (Å²) in [6, 6.07) is 12.8. The van der Waals surface area contributed by atoms with Crippen molar-refractivity contribution in [2.24, 2.45) is 0 Å². The molecule has 0 amide bonds. The summed E-state index contributed by atoms with van der Waals surface area (Å²) in [6.07, 6.45) is 2.03. The summed E-state index contributed by atoms with van der Waals surface area (Å²) in [7, 11) is 0. The lowest BCUT2D eigenvalue weighted by Gasteiger charge is -2.14. The molecule has 1 aliphatic heterocycles. The Morgan fingerprint density at radius 1 is 1.07 bits per heavy atom. The smallest absolute Gasteiger partial charge is 0.0395 e. The van der Waals surface area contributed by atoms with Crippen LogP contribution in [0, 0.1) is 0 Å². The molecule has 2 nitrogen and oxygen atoms in total. The standard InChI is InChI=1S/C13H14N2/c1-2-4-11(5-3-1)8-15-9-12-6-7-14-13(12)10-15/h1-7,14H,8-10H2. The molecule has 1 aromatic carbocycles. The Morgan fingerprint density at radius 3 is 2.73 bits per heavy atom. The highest BCUT2D eigenvalue weighted by molar-refractivity contribution is 5.25. The number of aromatic amines is 1. The van der Waals surface area contributed by atoms with E-state index in [1.807, 2.05) is 6.20 Å². The van der Waals surface area contributed by atoms with Gasteiger partial charge < -0.3 is 4.98 Å². The van der Waals surface area contributed by atoms with E-state index in [1.165, 1.54) is 16.8 Å². The van der Waals surface area contributed by atoms with Crippen molar-refractivity contribution in [2.45, 2.75) is 19.6 Å². The summed E-state index contributed by atoms with van der Waals surface area (Å²) in [4.78, 5) is 5.75. The van der Waals surface area contributed by atoms with E-state index in [4.69, 9.17) is 0 Å². The van der Waals surface area contributed by atoms with E-state index in [9.17, 15) is 0 Å². The summed E-state index contributed by atoms with van der Waals surface area (Å²) in [5.74, 6) is 0. The fraction of sp³-hybridized carbons (Fsp3) is 0.231. The third-order valence-corrected chi connectivity index (χ3v) is 2.95. The van der Waals surface area contributed by atoms with Gasteiger partial charge in [-0.25, -0.2) is 0 Å². The third-order valence-electron chi connectivity index (χ3n) is 2.95. The van der Waals surface area contributed by atoms with E-state index in [-0.39, 0.29) is 0 Å². The first-order valence-electron chi connectivity index (χ1n) is 5.33. The highest BCUT2D eigenvalue weighted by atomic mass is 15.2. The van der Waals surface area contributed by atoms with Crippen LogP contribution < -0.4 is 0 Å². The fourth-order valence-corrected chi connectivity index (χ4v) is 2.21. The van der Waals surface area contributed by atoms with Crippen LogP contribution in [0.4, 0.5) is 0 Å². The van der Waals surface area contributed by atoms with Crippen LogP contribution >= 0.6 is 0 Å². The van der Waals surface area contributed by atoms with Crippen LogP contribution in [0.2, 0.25) is 0 Å². The van der Waals surface area contributed by atoms with Crippen molar-refractivity contribution in [2.75, 3.05) is 0 Å². The zero-order valence-corrected chi connectivity index (χ0v) is 8.61. The number of H-pyrrole nitrogens is 1. The van der Waals surface area contributed by atoms with Gasteiger partial charge in [-0.15, -0.1) is 0 Å². The molecule has 0 bridgehead atoms. The van der Waals surface area contributed by atoms with Gasteiger partial charge in [-0.3, -0.25) is 4.90 Å². The topological polar surface area (TPSA) is 19.0 Å². The molecular formula is C13H14N2. The van der Waals surface area contributed by atoms with E-state index in [0.717, 1.165) is 19.6 Å². The third kappa shape index (κ3) is 1.68. The molecule has 0 spiro atoms. The monoisotopic (exact) mass is 198 g/mol. The Bertz CT molecular complexity index is 424. The van der Waals surface area contributed by atoms with Crippen molar-refractivity contribution in [1.29, 1.82) is 0 Å². The lowest BCUT2D eigenvalue weighted by Crippen LogP contribution is -2.15. The van der Waals surface area contributed by atoms with Gasteiger partial charge >= 0.3 is 0 Å². The van der Waals surface area contributed by atoms with Gasteiger partial charge in [-0.05, 0) is 17.2 Å². The minimum atomic E-state index is 1.04. The molecule has 2 aromatic rings. The number of benzene rings is 1. The number of hydrogen-bond donors (Lipinski definition) is 1. The SMILES string of the molecule is c1ccc(CN2Cc3cc[nH]c3C2)cc1.